The SMILES string of the molecule is [2H]c1c([2H])c([2H])c2c(c1[2H])c1c([2H])c([2H])c([2H])c([2H])c1n2-c1cc2c3c(c1)N(c1cccc4c1oc1c(-n5c6ccc(C(C)(C)C)cc6c6cc(C(C)(C)C)ccc65)cccc14)c1cc(-n4c5ccc(C(C)(C)C)cc5c5cc(C(C)(C)C)ccc54)ccc1B3c1ccc(-n3c4ccc(C(C)(C)C)cc4c4cc(C(C)(C)C)ccc43)cc1N2c1c(-c2ccccc2)cc(C(C)(C)C)cc1-c1ccccc1. The van der Waals surface area contributed by atoms with Gasteiger partial charge in [0.1, 0.15) is 0 Å². The Morgan fingerprint density at radius 3 is 0.924 bits per heavy atom. The van der Waals surface area contributed by atoms with Crippen molar-refractivity contribution in [2.75, 3.05) is 9.80 Å². The van der Waals surface area contributed by atoms with Crippen molar-refractivity contribution in [1.29, 1.82) is 0 Å². The van der Waals surface area contributed by atoms with Crippen LogP contribution in [0.2, 0.25) is 0 Å². The largest absolute Gasteiger partial charge is 0.452 e. The van der Waals surface area contributed by atoms with Crippen LogP contribution >= 0.6 is 0 Å². The van der Waals surface area contributed by atoms with Gasteiger partial charge < -0.3 is 32.5 Å². The molecule has 2 aliphatic heterocycles. The van der Waals surface area contributed by atoms with E-state index in [1.807, 2.05) is 0 Å². The molecule has 0 saturated heterocycles. The number of nitrogens with zero attached hydrogens (tertiary/aromatic N) is 6. The number of anilines is 6. The summed E-state index contributed by atoms with van der Waals surface area (Å²) in [4.78, 5) is 4.87. The molecule has 5 aromatic heterocycles. The highest BCUT2D eigenvalue weighted by Crippen LogP contribution is 2.56. The van der Waals surface area contributed by atoms with E-state index in [1.165, 1.54) is 33.4 Å². The van der Waals surface area contributed by atoms with Gasteiger partial charge >= 0.3 is 0 Å². The first-order chi connectivity index (χ1) is 66.2. The molecule has 0 saturated carbocycles. The van der Waals surface area contributed by atoms with E-state index in [0.717, 1.165) is 155 Å². The molecule has 0 spiro atoms. The molecule has 0 unspecified atom stereocenters. The second kappa shape index (κ2) is 28.8. The normalized spacial score (nSPS) is 14.4. The lowest BCUT2D eigenvalue weighted by Gasteiger charge is -2.45. The molecular formula is C124H115BN6O. The van der Waals surface area contributed by atoms with Gasteiger partial charge in [-0.2, -0.15) is 0 Å². The lowest BCUT2D eigenvalue weighted by molar-refractivity contribution is 0.590. The Kier molecular flexibility index (Phi) is 16.2. The van der Waals surface area contributed by atoms with E-state index in [0.29, 0.717) is 33.9 Å². The molecule has 8 heteroatoms. The molecular weight excluding hydrogens is 1600 g/mol. The number of aromatic nitrogens is 4. The molecule has 0 atom stereocenters. The molecule has 2 aliphatic rings. The zero-order chi connectivity index (χ0) is 98.4. The molecule has 23 rings (SSSR count). The summed E-state index contributed by atoms with van der Waals surface area (Å²) in [6.07, 6.45) is 0. The summed E-state index contributed by atoms with van der Waals surface area (Å²) in [5, 5.41) is 8.55. The lowest BCUT2D eigenvalue weighted by Crippen LogP contribution is -2.61. The number of benzene rings is 16. The summed E-state index contributed by atoms with van der Waals surface area (Å²) < 4.78 is 96.9. The van der Waals surface area contributed by atoms with Gasteiger partial charge in [0, 0.05) is 99.1 Å². The van der Waals surface area contributed by atoms with Gasteiger partial charge in [-0.25, -0.2) is 0 Å². The van der Waals surface area contributed by atoms with Crippen molar-refractivity contribution in [3.63, 3.8) is 0 Å². The van der Waals surface area contributed by atoms with E-state index >= 15 is 0 Å². The number of furan rings is 1. The van der Waals surface area contributed by atoms with Gasteiger partial charge in [-0.05, 0) is 250 Å². The highest BCUT2D eigenvalue weighted by Gasteiger charge is 2.47. The molecule has 21 aromatic rings. The fraction of sp³-hybridized carbons (Fsp3) is 0.226. The predicted octanol–water partition coefficient (Wildman–Crippen LogP) is 32.5. The topological polar surface area (TPSA) is 39.3 Å². The quantitative estimate of drug-likeness (QED) is 0.142. The number of fused-ring (bicyclic) bond motifs is 19. The van der Waals surface area contributed by atoms with Crippen LogP contribution in [-0.4, -0.2) is 25.0 Å². The molecule has 16 aromatic carbocycles. The molecule has 7 heterocycles. The maximum Gasteiger partial charge on any atom is 0.252 e. The Labute approximate surface area is 787 Å². The van der Waals surface area contributed by atoms with Crippen molar-refractivity contribution < 1.29 is 15.4 Å². The van der Waals surface area contributed by atoms with Crippen LogP contribution in [0.3, 0.4) is 0 Å². The summed E-state index contributed by atoms with van der Waals surface area (Å²) >= 11 is 0. The van der Waals surface area contributed by atoms with Crippen LogP contribution in [0.1, 0.15) is 195 Å². The minimum Gasteiger partial charge on any atom is -0.452 e. The van der Waals surface area contributed by atoms with Crippen LogP contribution in [-0.2, 0) is 37.9 Å². The van der Waals surface area contributed by atoms with E-state index in [1.54, 1.807) is 4.57 Å². The van der Waals surface area contributed by atoms with Gasteiger partial charge in [0.25, 0.3) is 6.71 Å². The van der Waals surface area contributed by atoms with E-state index in [9.17, 15) is 11.0 Å². The highest BCUT2D eigenvalue weighted by molar-refractivity contribution is 7.00. The second-order valence-corrected chi connectivity index (χ2v) is 44.5. The van der Waals surface area contributed by atoms with E-state index in [4.69, 9.17) is 4.42 Å². The van der Waals surface area contributed by atoms with Crippen molar-refractivity contribution in [1.82, 2.24) is 18.3 Å². The van der Waals surface area contributed by atoms with E-state index in [2.05, 4.69) is 436 Å². The van der Waals surface area contributed by atoms with Gasteiger partial charge in [0.2, 0.25) is 0 Å². The third kappa shape index (κ3) is 12.9. The Morgan fingerprint density at radius 2 is 0.553 bits per heavy atom. The second-order valence-electron chi connectivity index (χ2n) is 44.5. The van der Waals surface area contributed by atoms with Gasteiger partial charge in [-0.1, -0.05) is 315 Å². The molecule has 650 valence electrons. The fourth-order valence-electron chi connectivity index (χ4n) is 21.4. The predicted molar refractivity (Wildman–Crippen MR) is 567 cm³/mol. The van der Waals surface area contributed by atoms with Crippen LogP contribution < -0.4 is 26.2 Å². The van der Waals surface area contributed by atoms with Gasteiger partial charge in [0.15, 0.2) is 11.2 Å². The summed E-state index contributed by atoms with van der Waals surface area (Å²) in [6, 6.07) is 95.7. The zero-order valence-corrected chi connectivity index (χ0v) is 79.6. The maximum absolute atomic E-state index is 10.5. The minimum atomic E-state index is -0.616. The van der Waals surface area contributed by atoms with Crippen molar-refractivity contribution in [3.8, 4) is 45.0 Å². The maximum atomic E-state index is 10.5. The Bertz CT molecular complexity index is 8610. The molecule has 0 bridgehead atoms. The average molecular weight is 1720 g/mol. The van der Waals surface area contributed by atoms with E-state index < -0.39 is 60.5 Å². The Balaban J connectivity index is 0.920. The first-order valence-corrected chi connectivity index (χ1v) is 46.8. The first kappa shape index (κ1) is 73.9. The Morgan fingerprint density at radius 1 is 0.235 bits per heavy atom. The average Bonchev–Trinajstić information content (AvgIpc) is 1.10. The lowest BCUT2D eigenvalue weighted by atomic mass is 9.33. The van der Waals surface area contributed by atoms with Crippen molar-refractivity contribution in [2.24, 2.45) is 0 Å². The number of hydrogen-bond donors (Lipinski definition) is 0. The van der Waals surface area contributed by atoms with Gasteiger partial charge in [-0.15, -0.1) is 0 Å². The number of para-hydroxylation sites is 4. The molecule has 132 heavy (non-hydrogen) atoms. The zero-order valence-electron chi connectivity index (χ0n) is 87.6. The molecule has 0 fully saturated rings. The van der Waals surface area contributed by atoms with Crippen LogP contribution in [0, 0.1) is 0 Å². The van der Waals surface area contributed by atoms with Gasteiger partial charge in [0.05, 0.1) is 77.8 Å². The molecule has 0 radical (unpaired) electrons. The molecule has 7 nitrogen and oxygen atoms in total. The smallest absolute Gasteiger partial charge is 0.252 e. The fourth-order valence-corrected chi connectivity index (χ4v) is 21.4. The van der Waals surface area contributed by atoms with E-state index in [-0.39, 0.29) is 54.3 Å². The third-order valence-corrected chi connectivity index (χ3v) is 28.7. The van der Waals surface area contributed by atoms with Gasteiger partial charge in [-0.3, -0.25) is 0 Å². The van der Waals surface area contributed by atoms with Crippen molar-refractivity contribution >= 4 is 166 Å². The van der Waals surface area contributed by atoms with Crippen LogP contribution in [0.5, 0.6) is 0 Å². The van der Waals surface area contributed by atoms with Crippen LogP contribution in [0.25, 0.3) is 154 Å². The number of hydrogen-bond acceptors (Lipinski definition) is 3. The summed E-state index contributed by atoms with van der Waals surface area (Å²) in [5.74, 6) is 0. The standard InChI is InChI=1S/C124H115BN6O/c1-118(2,3)76-46-56-102-92(62-76)93-63-77(119(4,5)6)47-57-103(93)126(102)83-52-54-98-110(70-83)130(109-45-33-41-89-88-40-32-44-108(116(88)132-117(89)109)129-106-60-50-80(122(13,14)15)66-96(106)97-67-81(123(16,17)18)51-61-107(97)129)112-72-85(128-100-42-30-28-38-86(100)87-39-29-31-43-101(87)128)73-113-114(112)125(98)99-55-53-84(127-104-58-48-78(120(7,8)9)64-94(104)95-65-79(121(10,11)12)49-59-105(95)127)71-111(99)131(113)115-90(74-34-24-22-25-35-74)68-82(124(19,20)21)69-91(115)75-36-26-23-27-37-75/h22-73H,1-21H3/i28D,29D,30D,31D,38D,39D,42D,43D. The summed E-state index contributed by atoms with van der Waals surface area (Å²) in [6.45, 7) is 47.2. The van der Waals surface area contributed by atoms with Crippen molar-refractivity contribution in [2.45, 2.75) is 183 Å². The van der Waals surface area contributed by atoms with Crippen LogP contribution in [0.4, 0.5) is 34.1 Å². The number of rotatable bonds is 8. The summed E-state index contributed by atoms with van der Waals surface area (Å²) in [5.41, 5.74) is 28.9. The Hall–Kier alpha value is -13.8. The molecule has 0 aliphatic carbocycles. The molecule has 0 amide bonds. The first-order valence-electron chi connectivity index (χ1n) is 50.8. The summed E-state index contributed by atoms with van der Waals surface area (Å²) in [7, 11) is 0. The van der Waals surface area contributed by atoms with Crippen LogP contribution in [0.15, 0.2) is 320 Å². The monoisotopic (exact) mass is 1720 g/mol. The molecule has 0 N–H and O–H groups in total. The van der Waals surface area contributed by atoms with Crippen molar-refractivity contribution in [3.05, 3.63) is 354 Å². The minimum absolute atomic E-state index is 0.00583. The highest BCUT2D eigenvalue weighted by atomic mass is 16.3. The third-order valence-electron chi connectivity index (χ3n) is 28.7.